The summed E-state index contributed by atoms with van der Waals surface area (Å²) in [5.41, 5.74) is 6.21. The fourth-order valence-corrected chi connectivity index (χ4v) is 3.41. The van der Waals surface area contributed by atoms with Crippen molar-refractivity contribution in [3.8, 4) is 0 Å². The minimum Gasteiger partial charge on any atom is -0.349 e. The predicted octanol–water partition coefficient (Wildman–Crippen LogP) is 4.72. The van der Waals surface area contributed by atoms with Gasteiger partial charge in [0.25, 0.3) is 0 Å². The van der Waals surface area contributed by atoms with Gasteiger partial charge in [0.2, 0.25) is 5.91 Å². The Hall–Kier alpha value is -1.74. The zero-order valence-electron chi connectivity index (χ0n) is 14.3. The summed E-state index contributed by atoms with van der Waals surface area (Å²) in [5.74, 6) is 1.45. The first-order chi connectivity index (χ1) is 10.9. The van der Waals surface area contributed by atoms with E-state index < -0.39 is 0 Å². The van der Waals surface area contributed by atoms with Crippen molar-refractivity contribution in [2.24, 2.45) is 0 Å². The second-order valence-electron chi connectivity index (χ2n) is 6.19. The highest BCUT2D eigenvalue weighted by Crippen LogP contribution is 2.17. The van der Waals surface area contributed by atoms with Crippen LogP contribution in [0.1, 0.15) is 40.8 Å². The first-order valence-electron chi connectivity index (χ1n) is 7.95. The lowest BCUT2D eigenvalue weighted by atomic mass is 10.1. The van der Waals surface area contributed by atoms with Gasteiger partial charge in [-0.1, -0.05) is 59.2 Å². The highest BCUT2D eigenvalue weighted by molar-refractivity contribution is 7.99. The Morgan fingerprint density at radius 1 is 1.00 bits per heavy atom. The Kier molecular flexibility index (Phi) is 6.28. The smallest absolute Gasteiger partial charge is 0.230 e. The molecule has 0 saturated heterocycles. The van der Waals surface area contributed by atoms with E-state index in [1.54, 1.807) is 11.8 Å². The molecular formula is C20H25NOS. The van der Waals surface area contributed by atoms with E-state index in [4.69, 9.17) is 0 Å². The van der Waals surface area contributed by atoms with Crippen LogP contribution in [0.3, 0.4) is 0 Å². The zero-order chi connectivity index (χ0) is 16.8. The number of thioether (sulfide) groups is 1. The van der Waals surface area contributed by atoms with Crippen molar-refractivity contribution in [2.45, 2.75) is 39.5 Å². The molecule has 122 valence electrons. The fraction of sp³-hybridized carbons (Fsp3) is 0.350. The Labute approximate surface area is 143 Å². The van der Waals surface area contributed by atoms with Crippen molar-refractivity contribution in [3.63, 3.8) is 0 Å². The van der Waals surface area contributed by atoms with Crippen LogP contribution < -0.4 is 5.32 Å². The number of aryl methyl sites for hydroxylation is 3. The van der Waals surface area contributed by atoms with Gasteiger partial charge in [0.1, 0.15) is 0 Å². The molecule has 2 aromatic rings. The summed E-state index contributed by atoms with van der Waals surface area (Å²) in [7, 11) is 0. The molecular weight excluding hydrogens is 302 g/mol. The standard InChI is InChI=1S/C20H25NOS/c1-14-5-7-19(8-6-14)17(4)21-20(22)13-23-12-18-10-15(2)9-16(3)11-18/h5-11,17H,12-13H2,1-4H3,(H,21,22). The van der Waals surface area contributed by atoms with Crippen LogP contribution in [0.5, 0.6) is 0 Å². The Bertz CT molecular complexity index is 644. The van der Waals surface area contributed by atoms with Crippen LogP contribution in [-0.2, 0) is 10.5 Å². The van der Waals surface area contributed by atoms with Gasteiger partial charge in [0.05, 0.1) is 11.8 Å². The molecule has 1 N–H and O–H groups in total. The van der Waals surface area contributed by atoms with Crippen LogP contribution in [0.2, 0.25) is 0 Å². The second-order valence-corrected chi connectivity index (χ2v) is 7.17. The van der Waals surface area contributed by atoms with Crippen molar-refractivity contribution in [1.82, 2.24) is 5.32 Å². The van der Waals surface area contributed by atoms with Crippen molar-refractivity contribution >= 4 is 17.7 Å². The van der Waals surface area contributed by atoms with Gasteiger partial charge >= 0.3 is 0 Å². The van der Waals surface area contributed by atoms with E-state index in [2.05, 4.69) is 68.6 Å². The molecule has 1 atom stereocenters. The Morgan fingerprint density at radius 2 is 1.61 bits per heavy atom. The maximum atomic E-state index is 12.1. The lowest BCUT2D eigenvalue weighted by Gasteiger charge is -2.14. The molecule has 0 aromatic heterocycles. The zero-order valence-corrected chi connectivity index (χ0v) is 15.2. The minimum absolute atomic E-state index is 0.0462. The summed E-state index contributed by atoms with van der Waals surface area (Å²) in [5, 5.41) is 3.06. The van der Waals surface area contributed by atoms with Crippen molar-refractivity contribution < 1.29 is 4.79 Å². The SMILES string of the molecule is Cc1ccc(C(C)NC(=O)CSCc2cc(C)cc(C)c2)cc1. The highest BCUT2D eigenvalue weighted by Gasteiger charge is 2.09. The first kappa shape index (κ1) is 17.6. The number of hydrogen-bond donors (Lipinski definition) is 1. The molecule has 0 fully saturated rings. The molecule has 0 bridgehead atoms. The normalized spacial score (nSPS) is 12.0. The molecule has 2 rings (SSSR count). The number of amides is 1. The van der Waals surface area contributed by atoms with Crippen molar-refractivity contribution in [1.29, 1.82) is 0 Å². The molecule has 1 unspecified atom stereocenters. The summed E-state index contributed by atoms with van der Waals surface area (Å²) in [6.45, 7) is 8.31. The molecule has 0 spiro atoms. The van der Waals surface area contributed by atoms with E-state index in [1.165, 1.54) is 22.3 Å². The van der Waals surface area contributed by atoms with Crippen LogP contribution in [0, 0.1) is 20.8 Å². The van der Waals surface area contributed by atoms with E-state index in [9.17, 15) is 4.79 Å². The van der Waals surface area contributed by atoms with Crippen LogP contribution in [-0.4, -0.2) is 11.7 Å². The molecule has 0 heterocycles. The maximum absolute atomic E-state index is 12.1. The van der Waals surface area contributed by atoms with E-state index in [-0.39, 0.29) is 11.9 Å². The summed E-state index contributed by atoms with van der Waals surface area (Å²) in [6, 6.07) is 14.9. The number of carbonyl (C=O) groups excluding carboxylic acids is 1. The van der Waals surface area contributed by atoms with Gasteiger partial charge in [-0.05, 0) is 38.8 Å². The maximum Gasteiger partial charge on any atom is 0.230 e. The van der Waals surface area contributed by atoms with Crippen molar-refractivity contribution in [2.75, 3.05) is 5.75 Å². The second kappa shape index (κ2) is 8.21. The average molecular weight is 327 g/mol. The molecule has 23 heavy (non-hydrogen) atoms. The molecule has 0 saturated carbocycles. The van der Waals surface area contributed by atoms with Crippen LogP contribution in [0.25, 0.3) is 0 Å². The van der Waals surface area contributed by atoms with Gasteiger partial charge in [0.15, 0.2) is 0 Å². The predicted molar refractivity (Wildman–Crippen MR) is 99.8 cm³/mol. The van der Waals surface area contributed by atoms with E-state index >= 15 is 0 Å². The minimum atomic E-state index is 0.0462. The largest absolute Gasteiger partial charge is 0.349 e. The van der Waals surface area contributed by atoms with Gasteiger partial charge in [-0.3, -0.25) is 4.79 Å². The van der Waals surface area contributed by atoms with E-state index in [0.29, 0.717) is 5.75 Å². The van der Waals surface area contributed by atoms with E-state index in [1.807, 2.05) is 6.92 Å². The quantitative estimate of drug-likeness (QED) is 0.831. The molecule has 0 aliphatic rings. The molecule has 1 amide bonds. The number of rotatable bonds is 6. The van der Waals surface area contributed by atoms with Gasteiger partial charge in [-0.15, -0.1) is 11.8 Å². The molecule has 0 aliphatic carbocycles. The monoisotopic (exact) mass is 327 g/mol. The summed E-state index contributed by atoms with van der Waals surface area (Å²) in [4.78, 5) is 12.1. The lowest BCUT2D eigenvalue weighted by Crippen LogP contribution is -2.28. The number of carbonyl (C=O) groups is 1. The Balaban J connectivity index is 1.79. The number of hydrogen-bond acceptors (Lipinski definition) is 2. The molecule has 0 aliphatic heterocycles. The summed E-state index contributed by atoms with van der Waals surface area (Å²) in [6.07, 6.45) is 0. The summed E-state index contributed by atoms with van der Waals surface area (Å²) >= 11 is 1.66. The topological polar surface area (TPSA) is 29.1 Å². The van der Waals surface area contributed by atoms with E-state index in [0.717, 1.165) is 11.3 Å². The number of nitrogens with one attached hydrogen (secondary N) is 1. The number of benzene rings is 2. The Morgan fingerprint density at radius 3 is 2.22 bits per heavy atom. The molecule has 3 heteroatoms. The van der Waals surface area contributed by atoms with Gasteiger partial charge in [-0.25, -0.2) is 0 Å². The first-order valence-corrected chi connectivity index (χ1v) is 9.10. The van der Waals surface area contributed by atoms with Crippen molar-refractivity contribution in [3.05, 3.63) is 70.3 Å². The van der Waals surface area contributed by atoms with Crippen LogP contribution in [0.15, 0.2) is 42.5 Å². The lowest BCUT2D eigenvalue weighted by molar-refractivity contribution is -0.119. The van der Waals surface area contributed by atoms with Crippen LogP contribution >= 0.6 is 11.8 Å². The van der Waals surface area contributed by atoms with Crippen LogP contribution in [0.4, 0.5) is 0 Å². The highest BCUT2D eigenvalue weighted by atomic mass is 32.2. The fourth-order valence-electron chi connectivity index (χ4n) is 2.64. The third-order valence-corrected chi connectivity index (χ3v) is 4.74. The molecule has 0 radical (unpaired) electrons. The molecule has 2 aromatic carbocycles. The summed E-state index contributed by atoms with van der Waals surface area (Å²) < 4.78 is 0. The molecule has 2 nitrogen and oxygen atoms in total. The third kappa shape index (κ3) is 5.76. The van der Waals surface area contributed by atoms with Gasteiger partial charge in [0, 0.05) is 5.75 Å². The third-order valence-electron chi connectivity index (χ3n) is 3.74. The average Bonchev–Trinajstić information content (AvgIpc) is 2.46. The van der Waals surface area contributed by atoms with Gasteiger partial charge in [-0.2, -0.15) is 0 Å². The van der Waals surface area contributed by atoms with Gasteiger partial charge < -0.3 is 5.32 Å².